The fourth-order valence-electron chi connectivity index (χ4n) is 4.96. The van der Waals surface area contributed by atoms with Crippen LogP contribution in [0, 0.1) is 0 Å². The van der Waals surface area contributed by atoms with Crippen LogP contribution >= 0.6 is 0 Å². The third-order valence-electron chi connectivity index (χ3n) is 6.84. The number of carbonyl (C=O) groups excluding carboxylic acids is 3. The first kappa shape index (κ1) is 21.4. The molecule has 0 saturated carbocycles. The number of nitrogens with one attached hydrogen (secondary N) is 2. The molecule has 166 valence electrons. The summed E-state index contributed by atoms with van der Waals surface area (Å²) < 4.78 is 0. The van der Waals surface area contributed by atoms with Crippen LogP contribution in [-0.4, -0.2) is 51.8 Å². The number of benzene rings is 1. The number of fused-ring (bicyclic) bond motifs is 5. The number of rotatable bonds is 8. The van der Waals surface area contributed by atoms with Crippen LogP contribution in [0.4, 0.5) is 4.79 Å². The molecular formula is C24H32N4O3. The largest absolute Gasteiger partial charge is 0.356 e. The predicted molar refractivity (Wildman–Crippen MR) is 120 cm³/mol. The molecule has 0 bridgehead atoms. The van der Waals surface area contributed by atoms with Crippen LogP contribution in [0.15, 0.2) is 24.3 Å². The summed E-state index contributed by atoms with van der Waals surface area (Å²) in [5, 5.41) is 3.99. The molecule has 3 heterocycles. The summed E-state index contributed by atoms with van der Waals surface area (Å²) in [5.41, 5.74) is 1.70. The summed E-state index contributed by atoms with van der Waals surface area (Å²) in [5.74, 6) is -0.617. The number of unbranched alkanes of at least 4 members (excludes halogenated alkanes) is 4. The van der Waals surface area contributed by atoms with E-state index in [1.54, 1.807) is 18.7 Å². The number of H-pyrrole nitrogens is 1. The second-order valence-corrected chi connectivity index (χ2v) is 8.84. The highest BCUT2D eigenvalue weighted by atomic mass is 16.2. The molecule has 0 radical (unpaired) electrons. The Labute approximate surface area is 183 Å². The van der Waals surface area contributed by atoms with Gasteiger partial charge in [0.25, 0.3) is 5.91 Å². The van der Waals surface area contributed by atoms with Gasteiger partial charge in [0, 0.05) is 24.0 Å². The van der Waals surface area contributed by atoms with Crippen molar-refractivity contribution in [2.24, 2.45) is 0 Å². The van der Waals surface area contributed by atoms with Crippen molar-refractivity contribution in [1.29, 1.82) is 0 Å². The summed E-state index contributed by atoms with van der Waals surface area (Å²) in [7, 11) is 0. The number of aromatic amines is 1. The molecule has 2 aliphatic rings. The molecule has 2 aromatic rings. The van der Waals surface area contributed by atoms with E-state index in [4.69, 9.17) is 0 Å². The monoisotopic (exact) mass is 424 g/mol. The minimum Gasteiger partial charge on any atom is -0.356 e. The molecule has 4 amide bonds. The Bertz CT molecular complexity index is 1010. The van der Waals surface area contributed by atoms with Gasteiger partial charge in [-0.15, -0.1) is 0 Å². The number of aromatic nitrogens is 1. The molecule has 1 fully saturated rings. The van der Waals surface area contributed by atoms with E-state index in [1.807, 2.05) is 24.3 Å². The number of hydrogen-bond acceptors (Lipinski definition) is 3. The minimum absolute atomic E-state index is 0.280. The molecule has 2 atom stereocenters. The highest BCUT2D eigenvalue weighted by Gasteiger charge is 2.60. The maximum absolute atomic E-state index is 13.6. The Balaban J connectivity index is 1.52. The first-order valence-electron chi connectivity index (χ1n) is 11.4. The summed E-state index contributed by atoms with van der Waals surface area (Å²) in [6, 6.07) is 6.73. The van der Waals surface area contributed by atoms with E-state index in [9.17, 15) is 14.4 Å². The zero-order chi connectivity index (χ0) is 22.2. The number of hydrogen-bond donors (Lipinski definition) is 2. The van der Waals surface area contributed by atoms with E-state index in [0.717, 1.165) is 46.3 Å². The molecule has 1 aromatic heterocycles. The topological polar surface area (TPSA) is 85.5 Å². The van der Waals surface area contributed by atoms with Gasteiger partial charge in [0.05, 0.1) is 5.69 Å². The van der Waals surface area contributed by atoms with Gasteiger partial charge in [-0.05, 0) is 38.3 Å². The first-order chi connectivity index (χ1) is 14.9. The fraction of sp³-hybridized carbons (Fsp3) is 0.542. The van der Waals surface area contributed by atoms with Crippen molar-refractivity contribution in [3.8, 4) is 0 Å². The molecule has 4 rings (SSSR count). The van der Waals surface area contributed by atoms with Crippen molar-refractivity contribution in [3.63, 3.8) is 0 Å². The van der Waals surface area contributed by atoms with Crippen LogP contribution in [0.25, 0.3) is 10.9 Å². The normalized spacial score (nSPS) is 21.4. The molecular weight excluding hydrogens is 392 g/mol. The quantitative estimate of drug-likeness (QED) is 0.501. The third-order valence-corrected chi connectivity index (χ3v) is 6.84. The zero-order valence-corrected chi connectivity index (χ0v) is 18.7. The maximum Gasteiger partial charge on any atom is 0.328 e. The van der Waals surface area contributed by atoms with Crippen LogP contribution in [-0.2, 0) is 21.5 Å². The lowest BCUT2D eigenvalue weighted by molar-refractivity contribution is -0.139. The highest BCUT2D eigenvalue weighted by Crippen LogP contribution is 2.44. The standard InChI is InChI=1S/C24H32N4O3/c1-4-5-6-7-10-14-25-21(29)16(2)28-22(30)24(3)20-18(13-15-27(24)23(28)31)17-11-8-9-12-19(17)26-20/h8-9,11-12,16,26H,4-7,10,13-15H2,1-3H3,(H,25,29)/t16-,24-/m0/s1. The lowest BCUT2D eigenvalue weighted by Crippen LogP contribution is -2.50. The lowest BCUT2D eigenvalue weighted by atomic mass is 9.87. The fourth-order valence-corrected chi connectivity index (χ4v) is 4.96. The number of para-hydroxylation sites is 1. The molecule has 7 heteroatoms. The second-order valence-electron chi connectivity index (χ2n) is 8.84. The highest BCUT2D eigenvalue weighted by molar-refractivity contribution is 6.10. The molecule has 0 aliphatic carbocycles. The van der Waals surface area contributed by atoms with Crippen molar-refractivity contribution >= 4 is 28.7 Å². The van der Waals surface area contributed by atoms with E-state index < -0.39 is 11.6 Å². The van der Waals surface area contributed by atoms with E-state index >= 15 is 0 Å². The Kier molecular flexibility index (Phi) is 5.77. The Morgan fingerprint density at radius 3 is 2.71 bits per heavy atom. The molecule has 31 heavy (non-hydrogen) atoms. The molecule has 7 nitrogen and oxygen atoms in total. The molecule has 0 spiro atoms. The SMILES string of the molecule is CCCCCCCNC(=O)[C@H](C)N1C(=O)N2CCc3c([nH]c4ccccc34)[C@@]2(C)C1=O. The van der Waals surface area contributed by atoms with Gasteiger partial charge >= 0.3 is 6.03 Å². The van der Waals surface area contributed by atoms with Gasteiger partial charge in [-0.2, -0.15) is 0 Å². The van der Waals surface area contributed by atoms with E-state index in [2.05, 4.69) is 17.2 Å². The maximum atomic E-state index is 13.6. The molecule has 1 saturated heterocycles. The van der Waals surface area contributed by atoms with Crippen molar-refractivity contribution in [3.05, 3.63) is 35.5 Å². The van der Waals surface area contributed by atoms with Crippen LogP contribution in [0.2, 0.25) is 0 Å². The van der Waals surface area contributed by atoms with Gasteiger partial charge in [0.15, 0.2) is 5.54 Å². The van der Waals surface area contributed by atoms with E-state index in [0.29, 0.717) is 19.5 Å². The Hall–Kier alpha value is -2.83. The smallest absolute Gasteiger partial charge is 0.328 e. The van der Waals surface area contributed by atoms with E-state index in [-0.39, 0.29) is 17.8 Å². The molecule has 0 unspecified atom stereocenters. The number of carbonyl (C=O) groups is 3. The number of imide groups is 1. The molecule has 2 N–H and O–H groups in total. The van der Waals surface area contributed by atoms with Crippen molar-refractivity contribution in [1.82, 2.24) is 20.1 Å². The number of nitrogens with zero attached hydrogens (tertiary/aromatic N) is 2. The lowest BCUT2D eigenvalue weighted by Gasteiger charge is -2.36. The van der Waals surface area contributed by atoms with Gasteiger partial charge in [-0.3, -0.25) is 9.59 Å². The van der Waals surface area contributed by atoms with Crippen molar-refractivity contribution in [2.45, 2.75) is 70.9 Å². The zero-order valence-electron chi connectivity index (χ0n) is 18.7. The minimum atomic E-state index is -1.11. The Morgan fingerprint density at radius 2 is 1.94 bits per heavy atom. The van der Waals surface area contributed by atoms with Crippen molar-refractivity contribution < 1.29 is 14.4 Å². The van der Waals surface area contributed by atoms with Gasteiger partial charge in [0.2, 0.25) is 5.91 Å². The first-order valence-corrected chi connectivity index (χ1v) is 11.4. The number of amides is 4. The predicted octanol–water partition coefficient (Wildman–Crippen LogP) is 3.68. The summed E-state index contributed by atoms with van der Waals surface area (Å²) >= 11 is 0. The summed E-state index contributed by atoms with van der Waals surface area (Å²) in [6.07, 6.45) is 6.19. The van der Waals surface area contributed by atoms with Gasteiger partial charge < -0.3 is 15.2 Å². The number of urea groups is 1. The second kappa shape index (κ2) is 8.36. The molecule has 2 aliphatic heterocycles. The summed E-state index contributed by atoms with van der Waals surface area (Å²) in [6.45, 7) is 6.62. The summed E-state index contributed by atoms with van der Waals surface area (Å²) in [4.78, 5) is 45.6. The Morgan fingerprint density at radius 1 is 1.19 bits per heavy atom. The van der Waals surface area contributed by atoms with Gasteiger partial charge in [-0.1, -0.05) is 50.8 Å². The average Bonchev–Trinajstić information content (AvgIpc) is 3.24. The third kappa shape index (κ3) is 3.40. The van der Waals surface area contributed by atoms with Crippen LogP contribution in [0.1, 0.15) is 64.1 Å². The van der Waals surface area contributed by atoms with Crippen molar-refractivity contribution in [2.75, 3.05) is 13.1 Å². The average molecular weight is 425 g/mol. The van der Waals surface area contributed by atoms with Crippen LogP contribution in [0.3, 0.4) is 0 Å². The van der Waals surface area contributed by atoms with Gasteiger partial charge in [0.1, 0.15) is 6.04 Å². The molecule has 1 aromatic carbocycles. The van der Waals surface area contributed by atoms with Crippen LogP contribution in [0.5, 0.6) is 0 Å². The van der Waals surface area contributed by atoms with Gasteiger partial charge in [-0.25, -0.2) is 9.69 Å². The van der Waals surface area contributed by atoms with E-state index in [1.165, 1.54) is 12.8 Å². The van der Waals surface area contributed by atoms with Crippen LogP contribution < -0.4 is 5.32 Å².